The first-order chi connectivity index (χ1) is 9.49. The molecule has 1 amide bonds. The van der Waals surface area contributed by atoms with Gasteiger partial charge < -0.3 is 15.2 Å². The zero-order chi connectivity index (χ0) is 14.6. The van der Waals surface area contributed by atoms with Gasteiger partial charge in [0.2, 0.25) is 0 Å². The summed E-state index contributed by atoms with van der Waals surface area (Å²) in [7, 11) is 0. The number of carbonyl (C=O) groups is 2. The normalized spacial score (nSPS) is 16.1. The molecule has 2 N–H and O–H groups in total. The van der Waals surface area contributed by atoms with Crippen molar-refractivity contribution in [3.05, 3.63) is 27.8 Å². The Morgan fingerprint density at radius 2 is 1.95 bits per heavy atom. The maximum atomic E-state index is 11.8. The highest BCUT2D eigenvalue weighted by Gasteiger charge is 2.40. The van der Waals surface area contributed by atoms with Crippen molar-refractivity contribution in [1.82, 2.24) is 5.32 Å². The Hall–Kier alpha value is -1.31. The minimum atomic E-state index is -0.886. The van der Waals surface area contributed by atoms with Gasteiger partial charge in [-0.15, -0.1) is 0 Å². The molecule has 5 nitrogen and oxygen atoms in total. The molecule has 0 aromatic heterocycles. The van der Waals surface area contributed by atoms with Crippen LogP contribution in [0.25, 0.3) is 0 Å². The van der Waals surface area contributed by atoms with Gasteiger partial charge >= 0.3 is 5.97 Å². The van der Waals surface area contributed by atoms with E-state index in [1.807, 2.05) is 12.1 Å². The molecular weight excluding hydrogens is 373 g/mol. The highest BCUT2D eigenvalue weighted by Crippen LogP contribution is 2.34. The number of carboxylic acids is 1. The first kappa shape index (κ1) is 15.1. The van der Waals surface area contributed by atoms with Crippen LogP contribution in [0.15, 0.2) is 24.3 Å². The van der Waals surface area contributed by atoms with Crippen LogP contribution in [0.1, 0.15) is 25.7 Å². The lowest BCUT2D eigenvalue weighted by Gasteiger charge is -2.41. The average molecular weight is 389 g/mol. The van der Waals surface area contributed by atoms with Crippen LogP contribution >= 0.6 is 22.6 Å². The fourth-order valence-corrected chi connectivity index (χ4v) is 2.61. The van der Waals surface area contributed by atoms with Crippen LogP contribution in [0.3, 0.4) is 0 Å². The van der Waals surface area contributed by atoms with E-state index in [1.54, 1.807) is 12.1 Å². The van der Waals surface area contributed by atoms with Crippen molar-refractivity contribution >= 4 is 34.5 Å². The Morgan fingerprint density at radius 3 is 2.45 bits per heavy atom. The second-order valence-electron chi connectivity index (χ2n) is 5.00. The lowest BCUT2D eigenvalue weighted by molar-refractivity contribution is -0.140. The van der Waals surface area contributed by atoms with Gasteiger partial charge in [0, 0.05) is 3.57 Å². The third kappa shape index (κ3) is 4.09. The van der Waals surface area contributed by atoms with Crippen LogP contribution in [0.4, 0.5) is 0 Å². The summed E-state index contributed by atoms with van der Waals surface area (Å²) in [5.41, 5.74) is -0.571. The Kier molecular flexibility index (Phi) is 4.85. The van der Waals surface area contributed by atoms with Crippen molar-refractivity contribution in [3.8, 4) is 5.75 Å². The zero-order valence-electron chi connectivity index (χ0n) is 10.9. The van der Waals surface area contributed by atoms with E-state index < -0.39 is 11.5 Å². The maximum absolute atomic E-state index is 11.8. The van der Waals surface area contributed by atoms with E-state index in [-0.39, 0.29) is 18.9 Å². The molecular formula is C14H16INO4. The third-order valence-corrected chi connectivity index (χ3v) is 4.11. The van der Waals surface area contributed by atoms with Crippen molar-refractivity contribution in [2.75, 3.05) is 6.61 Å². The number of nitrogens with one attached hydrogen (secondary N) is 1. The minimum absolute atomic E-state index is 0.0255. The zero-order valence-corrected chi connectivity index (χ0v) is 13.1. The van der Waals surface area contributed by atoms with Crippen LogP contribution in [-0.4, -0.2) is 29.1 Å². The molecule has 6 heteroatoms. The summed E-state index contributed by atoms with van der Waals surface area (Å²) in [6.45, 7) is -0.0953. The summed E-state index contributed by atoms with van der Waals surface area (Å²) < 4.78 is 6.47. The molecule has 0 radical (unpaired) electrons. The number of carboxylic acid groups (broad SMARTS) is 1. The van der Waals surface area contributed by atoms with Gasteiger partial charge in [0.25, 0.3) is 5.91 Å². The number of benzene rings is 1. The topological polar surface area (TPSA) is 75.6 Å². The Bertz CT molecular complexity index is 496. The molecule has 0 heterocycles. The summed E-state index contributed by atoms with van der Waals surface area (Å²) in [5, 5.41) is 11.7. The van der Waals surface area contributed by atoms with Crippen LogP contribution in [-0.2, 0) is 9.59 Å². The van der Waals surface area contributed by atoms with E-state index in [4.69, 9.17) is 9.84 Å². The Morgan fingerprint density at radius 1 is 1.30 bits per heavy atom. The number of hydrogen-bond acceptors (Lipinski definition) is 3. The van der Waals surface area contributed by atoms with E-state index >= 15 is 0 Å². The molecule has 0 bridgehead atoms. The van der Waals surface area contributed by atoms with Gasteiger partial charge in [0.1, 0.15) is 5.75 Å². The average Bonchev–Trinajstić information content (AvgIpc) is 2.35. The monoisotopic (exact) mass is 389 g/mol. The van der Waals surface area contributed by atoms with Gasteiger partial charge in [-0.3, -0.25) is 9.59 Å². The van der Waals surface area contributed by atoms with Gasteiger partial charge in [-0.25, -0.2) is 0 Å². The molecule has 0 saturated heterocycles. The van der Waals surface area contributed by atoms with Gasteiger partial charge in [0.15, 0.2) is 6.61 Å². The van der Waals surface area contributed by atoms with Crippen LogP contribution in [0.2, 0.25) is 0 Å². The van der Waals surface area contributed by atoms with Crippen molar-refractivity contribution < 1.29 is 19.4 Å². The second-order valence-corrected chi connectivity index (χ2v) is 6.24. The molecule has 0 aliphatic heterocycles. The van der Waals surface area contributed by atoms with E-state index in [1.165, 1.54) is 0 Å². The standard InChI is InChI=1S/C14H16INO4/c15-10-2-4-11(5-3-10)20-9-12(17)16-14(6-1-7-14)8-13(18)19/h2-5H,1,6-9H2,(H,16,17)(H,18,19). The molecule has 20 heavy (non-hydrogen) atoms. The summed E-state index contributed by atoms with van der Waals surface area (Å²) in [4.78, 5) is 22.7. The summed E-state index contributed by atoms with van der Waals surface area (Å²) >= 11 is 2.19. The van der Waals surface area contributed by atoms with Crippen LogP contribution in [0.5, 0.6) is 5.75 Å². The second kappa shape index (κ2) is 6.43. The lowest BCUT2D eigenvalue weighted by Crippen LogP contribution is -2.55. The van der Waals surface area contributed by atoms with Gasteiger partial charge in [0.05, 0.1) is 12.0 Å². The van der Waals surface area contributed by atoms with Crippen molar-refractivity contribution in [2.24, 2.45) is 0 Å². The van der Waals surface area contributed by atoms with E-state index in [9.17, 15) is 9.59 Å². The molecule has 1 aromatic carbocycles. The first-order valence-corrected chi connectivity index (χ1v) is 7.48. The minimum Gasteiger partial charge on any atom is -0.484 e. The molecule has 1 aliphatic rings. The highest BCUT2D eigenvalue weighted by atomic mass is 127. The number of halogens is 1. The number of amides is 1. The molecule has 0 unspecified atom stereocenters. The van der Waals surface area contributed by atoms with Gasteiger partial charge in [-0.2, -0.15) is 0 Å². The lowest BCUT2D eigenvalue weighted by atomic mass is 9.74. The maximum Gasteiger partial charge on any atom is 0.305 e. The number of hydrogen-bond donors (Lipinski definition) is 2. The van der Waals surface area contributed by atoms with Gasteiger partial charge in [-0.1, -0.05) is 0 Å². The number of carbonyl (C=O) groups excluding carboxylic acids is 1. The smallest absolute Gasteiger partial charge is 0.305 e. The van der Waals surface area contributed by atoms with Crippen LogP contribution in [0, 0.1) is 3.57 Å². The van der Waals surface area contributed by atoms with Crippen molar-refractivity contribution in [3.63, 3.8) is 0 Å². The third-order valence-electron chi connectivity index (χ3n) is 3.39. The fourth-order valence-electron chi connectivity index (χ4n) is 2.25. The molecule has 1 saturated carbocycles. The number of rotatable bonds is 6. The molecule has 0 atom stereocenters. The fraction of sp³-hybridized carbons (Fsp3) is 0.429. The van der Waals surface area contributed by atoms with E-state index in [2.05, 4.69) is 27.9 Å². The highest BCUT2D eigenvalue weighted by molar-refractivity contribution is 14.1. The molecule has 1 aromatic rings. The van der Waals surface area contributed by atoms with Gasteiger partial charge in [-0.05, 0) is 66.1 Å². The summed E-state index contributed by atoms with van der Waals surface area (Å²) in [6, 6.07) is 7.38. The molecule has 0 spiro atoms. The summed E-state index contributed by atoms with van der Waals surface area (Å²) in [5.74, 6) is -0.533. The largest absolute Gasteiger partial charge is 0.484 e. The quantitative estimate of drug-likeness (QED) is 0.732. The first-order valence-electron chi connectivity index (χ1n) is 6.40. The van der Waals surface area contributed by atoms with Crippen molar-refractivity contribution in [1.29, 1.82) is 0 Å². The molecule has 108 valence electrons. The predicted octanol–water partition coefficient (Wildman–Crippen LogP) is 2.18. The Labute approximate surface area is 130 Å². The van der Waals surface area contributed by atoms with Crippen molar-refractivity contribution in [2.45, 2.75) is 31.2 Å². The SMILES string of the molecule is O=C(O)CC1(NC(=O)COc2ccc(I)cc2)CCC1. The summed E-state index contributed by atoms with van der Waals surface area (Å²) in [6.07, 6.45) is 2.36. The number of aliphatic carboxylic acids is 1. The number of ether oxygens (including phenoxy) is 1. The van der Waals surface area contributed by atoms with E-state index in [0.717, 1.165) is 9.99 Å². The molecule has 1 aliphatic carbocycles. The molecule has 2 rings (SSSR count). The van der Waals surface area contributed by atoms with E-state index in [0.29, 0.717) is 18.6 Å². The van der Waals surface area contributed by atoms with Crippen LogP contribution < -0.4 is 10.1 Å². The molecule has 1 fully saturated rings. The predicted molar refractivity (Wildman–Crippen MR) is 81.6 cm³/mol. The Balaban J connectivity index is 1.83.